The van der Waals surface area contributed by atoms with Crippen LogP contribution in [-0.4, -0.2) is 38.5 Å². The van der Waals surface area contributed by atoms with Gasteiger partial charge in [-0.05, 0) is 38.8 Å². The first-order valence-electron chi connectivity index (χ1n) is 7.54. The van der Waals surface area contributed by atoms with Crippen molar-refractivity contribution in [2.24, 2.45) is 12.5 Å². The zero-order chi connectivity index (χ0) is 15.9. The first kappa shape index (κ1) is 14.8. The molecule has 0 unspecified atom stereocenters. The van der Waals surface area contributed by atoms with Gasteiger partial charge in [-0.3, -0.25) is 9.48 Å². The fraction of sp³-hybridized carbons (Fsp3) is 0.500. The molecular weight excluding hydrogens is 280 g/mol. The molecule has 2 aromatic heterocycles. The smallest absolute Gasteiger partial charge is 0.256 e. The summed E-state index contributed by atoms with van der Waals surface area (Å²) in [5.41, 5.74) is 2.57. The van der Waals surface area contributed by atoms with Crippen LogP contribution in [0.3, 0.4) is 0 Å². The summed E-state index contributed by atoms with van der Waals surface area (Å²) in [6.45, 7) is 4.66. The van der Waals surface area contributed by atoms with Gasteiger partial charge in [0.2, 0.25) is 0 Å². The van der Waals surface area contributed by atoms with Gasteiger partial charge < -0.3 is 15.0 Å². The number of aryl methyl sites for hydroxylation is 3. The molecule has 0 aromatic carbocycles. The van der Waals surface area contributed by atoms with Gasteiger partial charge >= 0.3 is 0 Å². The van der Waals surface area contributed by atoms with Crippen LogP contribution < -0.4 is 5.32 Å². The topological polar surface area (TPSA) is 72.1 Å². The number of aromatic nitrogens is 3. The molecule has 0 radical (unpaired) electrons. The lowest BCUT2D eigenvalue weighted by atomic mass is 10.1. The Labute approximate surface area is 129 Å². The molecule has 0 bridgehead atoms. The van der Waals surface area contributed by atoms with Crippen LogP contribution >= 0.6 is 0 Å². The zero-order valence-corrected chi connectivity index (χ0v) is 13.3. The number of nitrogens with one attached hydrogen (secondary N) is 1. The molecule has 0 spiro atoms. The molecule has 0 saturated heterocycles. The number of nitrogens with zero attached hydrogens (tertiary/aromatic N) is 3. The average Bonchev–Trinajstić information content (AvgIpc) is 3.10. The number of carbonyl (C=O) groups is 1. The zero-order valence-electron chi connectivity index (χ0n) is 13.3. The lowest BCUT2D eigenvalue weighted by Crippen LogP contribution is -2.32. The molecule has 1 aliphatic rings. The van der Waals surface area contributed by atoms with Crippen molar-refractivity contribution in [3.63, 3.8) is 0 Å². The molecule has 6 heteroatoms. The van der Waals surface area contributed by atoms with E-state index < -0.39 is 0 Å². The van der Waals surface area contributed by atoms with E-state index in [2.05, 4.69) is 10.4 Å². The fourth-order valence-electron chi connectivity index (χ4n) is 2.79. The number of rotatable bonds is 5. The summed E-state index contributed by atoms with van der Waals surface area (Å²) in [6.07, 6.45) is 3.54. The predicted octanol–water partition coefficient (Wildman–Crippen LogP) is 1.33. The van der Waals surface area contributed by atoms with Crippen LogP contribution in [0, 0.1) is 19.3 Å². The molecule has 2 aromatic rings. The van der Waals surface area contributed by atoms with Crippen molar-refractivity contribution in [1.82, 2.24) is 19.7 Å². The summed E-state index contributed by atoms with van der Waals surface area (Å²) in [5.74, 6) is 0.627. The van der Waals surface area contributed by atoms with Crippen LogP contribution in [0.4, 0.5) is 0 Å². The van der Waals surface area contributed by atoms with Gasteiger partial charge in [-0.25, -0.2) is 0 Å². The maximum Gasteiger partial charge on any atom is 0.256 e. The Hall–Kier alpha value is -2.08. The number of hydrogen-bond donors (Lipinski definition) is 2. The van der Waals surface area contributed by atoms with Gasteiger partial charge in [-0.1, -0.05) is 0 Å². The molecule has 0 atom stereocenters. The predicted molar refractivity (Wildman–Crippen MR) is 83.1 cm³/mol. The quantitative estimate of drug-likeness (QED) is 0.875. The average molecular weight is 302 g/mol. The van der Waals surface area contributed by atoms with Crippen LogP contribution in [0.2, 0.25) is 0 Å². The molecule has 1 aliphatic carbocycles. The second-order valence-corrected chi connectivity index (χ2v) is 6.30. The van der Waals surface area contributed by atoms with Gasteiger partial charge in [0.15, 0.2) is 0 Å². The van der Waals surface area contributed by atoms with Crippen molar-refractivity contribution >= 4 is 5.91 Å². The molecule has 118 valence electrons. The Bertz CT molecular complexity index is 690. The number of carbonyl (C=O) groups excluding carboxylic acids is 1. The summed E-state index contributed by atoms with van der Waals surface area (Å²) >= 11 is 0. The summed E-state index contributed by atoms with van der Waals surface area (Å²) < 4.78 is 3.74. The molecule has 1 fully saturated rings. The van der Waals surface area contributed by atoms with E-state index in [4.69, 9.17) is 0 Å². The number of aliphatic hydroxyl groups is 1. The Morgan fingerprint density at radius 1 is 1.36 bits per heavy atom. The van der Waals surface area contributed by atoms with Gasteiger partial charge in [0.25, 0.3) is 5.91 Å². The Balaban J connectivity index is 1.87. The third-order valence-electron chi connectivity index (χ3n) is 4.55. The summed E-state index contributed by atoms with van der Waals surface area (Å²) in [7, 11) is 1.83. The summed E-state index contributed by atoms with van der Waals surface area (Å²) in [4.78, 5) is 12.5. The molecule has 6 nitrogen and oxygen atoms in total. The van der Waals surface area contributed by atoms with Crippen molar-refractivity contribution in [1.29, 1.82) is 0 Å². The lowest BCUT2D eigenvalue weighted by molar-refractivity contribution is 0.0935. The maximum absolute atomic E-state index is 12.5. The first-order valence-corrected chi connectivity index (χ1v) is 7.54. The van der Waals surface area contributed by atoms with Crippen molar-refractivity contribution < 1.29 is 9.90 Å². The van der Waals surface area contributed by atoms with Gasteiger partial charge in [-0.15, -0.1) is 0 Å². The highest BCUT2D eigenvalue weighted by atomic mass is 16.3. The summed E-state index contributed by atoms with van der Waals surface area (Å²) in [5, 5.41) is 16.5. The van der Waals surface area contributed by atoms with Crippen LogP contribution in [0.5, 0.6) is 0 Å². The number of aliphatic hydroxyl groups excluding tert-OH is 1. The Morgan fingerprint density at radius 2 is 2.00 bits per heavy atom. The minimum absolute atomic E-state index is 0.0999. The van der Waals surface area contributed by atoms with E-state index >= 15 is 0 Å². The largest absolute Gasteiger partial charge is 0.396 e. The van der Waals surface area contributed by atoms with Crippen molar-refractivity contribution in [3.8, 4) is 5.82 Å². The Morgan fingerprint density at radius 3 is 2.55 bits per heavy atom. The number of hydrogen-bond acceptors (Lipinski definition) is 3. The minimum atomic E-state index is -0.143. The third kappa shape index (κ3) is 2.43. The van der Waals surface area contributed by atoms with Gasteiger partial charge in [0.05, 0.1) is 12.8 Å². The van der Waals surface area contributed by atoms with E-state index in [1.807, 2.05) is 37.6 Å². The SMILES string of the molecule is Cc1ccc(C)n1-c1c(C(=O)NCC2(CO)CC2)cnn1C. The second-order valence-electron chi connectivity index (χ2n) is 6.30. The van der Waals surface area contributed by atoms with Crippen molar-refractivity contribution in [3.05, 3.63) is 35.3 Å². The van der Waals surface area contributed by atoms with Gasteiger partial charge in [0, 0.05) is 30.4 Å². The standard InChI is InChI=1S/C16H22N4O2/c1-11-4-5-12(2)20(11)15-13(8-18-19(15)3)14(22)17-9-16(10-21)6-7-16/h4-5,8,21H,6-7,9-10H2,1-3H3,(H,17,22). The second kappa shape index (κ2) is 5.28. The minimum Gasteiger partial charge on any atom is -0.396 e. The monoisotopic (exact) mass is 302 g/mol. The normalized spacial score (nSPS) is 15.8. The van der Waals surface area contributed by atoms with E-state index in [9.17, 15) is 9.90 Å². The molecule has 2 N–H and O–H groups in total. The van der Waals surface area contributed by atoms with Gasteiger partial charge in [0.1, 0.15) is 11.4 Å². The van der Waals surface area contributed by atoms with Crippen molar-refractivity contribution in [2.45, 2.75) is 26.7 Å². The summed E-state index contributed by atoms with van der Waals surface area (Å²) in [6, 6.07) is 4.05. The van der Waals surface area contributed by atoms with Crippen LogP contribution in [0.15, 0.2) is 18.3 Å². The first-order chi connectivity index (χ1) is 10.5. The highest BCUT2D eigenvalue weighted by Gasteiger charge is 2.42. The highest BCUT2D eigenvalue weighted by molar-refractivity contribution is 5.97. The molecule has 1 saturated carbocycles. The van der Waals surface area contributed by atoms with Gasteiger partial charge in [-0.2, -0.15) is 5.10 Å². The molecule has 2 heterocycles. The third-order valence-corrected chi connectivity index (χ3v) is 4.55. The molecule has 3 rings (SSSR count). The van der Waals surface area contributed by atoms with Crippen LogP contribution in [0.1, 0.15) is 34.6 Å². The van der Waals surface area contributed by atoms with E-state index in [1.165, 1.54) is 0 Å². The fourth-order valence-corrected chi connectivity index (χ4v) is 2.79. The van der Waals surface area contributed by atoms with E-state index in [1.54, 1.807) is 10.9 Å². The van der Waals surface area contributed by atoms with E-state index in [0.29, 0.717) is 12.1 Å². The highest BCUT2D eigenvalue weighted by Crippen LogP contribution is 2.44. The van der Waals surface area contributed by atoms with Crippen LogP contribution in [-0.2, 0) is 7.05 Å². The maximum atomic E-state index is 12.5. The lowest BCUT2D eigenvalue weighted by Gasteiger charge is -2.15. The molecule has 0 aliphatic heterocycles. The van der Waals surface area contributed by atoms with Crippen LogP contribution in [0.25, 0.3) is 5.82 Å². The van der Waals surface area contributed by atoms with Crippen molar-refractivity contribution in [2.75, 3.05) is 13.2 Å². The molecule has 22 heavy (non-hydrogen) atoms. The van der Waals surface area contributed by atoms with E-state index in [-0.39, 0.29) is 17.9 Å². The molecular formula is C16H22N4O2. The molecule has 1 amide bonds. The Kier molecular flexibility index (Phi) is 3.56. The van der Waals surface area contributed by atoms with E-state index in [0.717, 1.165) is 30.0 Å². The number of amides is 1.